The highest BCUT2D eigenvalue weighted by molar-refractivity contribution is 4.96. The molecule has 1 heterocycles. The molecule has 0 aliphatic rings. The van der Waals surface area contributed by atoms with Crippen molar-refractivity contribution >= 4 is 0 Å². The van der Waals surface area contributed by atoms with Crippen molar-refractivity contribution in [3.63, 3.8) is 0 Å². The van der Waals surface area contributed by atoms with Gasteiger partial charge in [-0.05, 0) is 13.3 Å². The molecule has 1 rings (SSSR count). The highest BCUT2D eigenvalue weighted by atomic mass is 16.3. The Morgan fingerprint density at radius 3 is 2.82 bits per heavy atom. The second-order valence-corrected chi connectivity index (χ2v) is 2.89. The van der Waals surface area contributed by atoms with Crippen LogP contribution in [0, 0.1) is 0 Å². The number of aliphatic hydroxyl groups is 1. The van der Waals surface area contributed by atoms with Crippen LogP contribution < -0.4 is 0 Å². The Balaban J connectivity index is 2.49. The zero-order valence-electron chi connectivity index (χ0n) is 6.82. The number of nitrogens with zero attached hydrogens (tertiary/aromatic N) is 1. The molecule has 0 aliphatic carbocycles. The van der Waals surface area contributed by atoms with E-state index in [1.54, 1.807) is 13.1 Å². The zero-order chi connectivity index (χ0) is 8.27. The molecule has 62 valence electrons. The number of oxazole rings is 1. The molecule has 1 unspecified atom stereocenters. The first kappa shape index (κ1) is 8.27. The first-order chi connectivity index (χ1) is 5.20. The van der Waals surface area contributed by atoms with Crippen LogP contribution >= 0.6 is 0 Å². The van der Waals surface area contributed by atoms with Gasteiger partial charge in [0.15, 0.2) is 6.39 Å². The van der Waals surface area contributed by atoms with Gasteiger partial charge in [0.1, 0.15) is 5.76 Å². The average Bonchev–Trinajstić information content (AvgIpc) is 2.35. The van der Waals surface area contributed by atoms with E-state index in [2.05, 4.69) is 4.98 Å². The number of aliphatic hydroxyl groups excluding tert-OH is 1. The Morgan fingerprint density at radius 2 is 2.36 bits per heavy atom. The lowest BCUT2D eigenvalue weighted by molar-refractivity contribution is 0.172. The van der Waals surface area contributed by atoms with Crippen molar-refractivity contribution in [1.82, 2.24) is 4.98 Å². The van der Waals surface area contributed by atoms with Gasteiger partial charge in [0.05, 0.1) is 12.3 Å². The van der Waals surface area contributed by atoms with Crippen LogP contribution in [0.5, 0.6) is 0 Å². The Kier molecular flexibility index (Phi) is 2.65. The van der Waals surface area contributed by atoms with Crippen molar-refractivity contribution in [1.29, 1.82) is 0 Å². The molecule has 0 saturated carbocycles. The fourth-order valence-corrected chi connectivity index (χ4v) is 1.10. The van der Waals surface area contributed by atoms with E-state index in [1.165, 1.54) is 6.39 Å². The highest BCUT2D eigenvalue weighted by Gasteiger charge is 2.10. The van der Waals surface area contributed by atoms with E-state index in [0.29, 0.717) is 0 Å². The molecule has 11 heavy (non-hydrogen) atoms. The van der Waals surface area contributed by atoms with Crippen LogP contribution in [0.2, 0.25) is 0 Å². The topological polar surface area (TPSA) is 46.3 Å². The van der Waals surface area contributed by atoms with Gasteiger partial charge >= 0.3 is 0 Å². The number of aromatic nitrogens is 1. The van der Waals surface area contributed by atoms with E-state index in [0.717, 1.165) is 12.2 Å². The fourth-order valence-electron chi connectivity index (χ4n) is 1.10. The lowest BCUT2D eigenvalue weighted by Gasteiger charge is -2.08. The summed E-state index contributed by atoms with van der Waals surface area (Å²) in [7, 11) is 0. The van der Waals surface area contributed by atoms with Crippen LogP contribution in [0.25, 0.3) is 0 Å². The largest absolute Gasteiger partial charge is 0.448 e. The molecule has 0 aromatic carbocycles. The van der Waals surface area contributed by atoms with Gasteiger partial charge in [-0.25, -0.2) is 4.98 Å². The van der Waals surface area contributed by atoms with Crippen LogP contribution in [0.4, 0.5) is 0 Å². The molecule has 0 bridgehead atoms. The lowest BCUT2D eigenvalue weighted by atomic mass is 10.0. The zero-order valence-corrected chi connectivity index (χ0v) is 6.82. The molecule has 0 fully saturated rings. The van der Waals surface area contributed by atoms with E-state index in [4.69, 9.17) is 9.52 Å². The second kappa shape index (κ2) is 3.53. The Hall–Kier alpha value is -0.830. The van der Waals surface area contributed by atoms with E-state index < -0.39 is 0 Å². The van der Waals surface area contributed by atoms with Gasteiger partial charge < -0.3 is 9.52 Å². The van der Waals surface area contributed by atoms with Gasteiger partial charge in [0.25, 0.3) is 0 Å². The van der Waals surface area contributed by atoms with Crippen LogP contribution in [0.3, 0.4) is 0 Å². The Morgan fingerprint density at radius 1 is 1.64 bits per heavy atom. The molecule has 0 radical (unpaired) electrons. The molecule has 1 N–H and O–H groups in total. The van der Waals surface area contributed by atoms with Crippen molar-refractivity contribution < 1.29 is 9.52 Å². The number of hydrogen-bond donors (Lipinski definition) is 1. The predicted octanol–water partition coefficient (Wildman–Crippen LogP) is 1.55. The third-order valence-corrected chi connectivity index (χ3v) is 1.63. The Labute approximate surface area is 66.1 Å². The van der Waals surface area contributed by atoms with Gasteiger partial charge in [-0.2, -0.15) is 0 Å². The minimum atomic E-state index is -0.282. The summed E-state index contributed by atoms with van der Waals surface area (Å²) < 4.78 is 5.07. The smallest absolute Gasteiger partial charge is 0.180 e. The SMILES string of the molecule is CC(O)C[C@@H](C)c1cnco1. The number of rotatable bonds is 3. The minimum Gasteiger partial charge on any atom is -0.448 e. The summed E-state index contributed by atoms with van der Waals surface area (Å²) in [5, 5.41) is 9.06. The van der Waals surface area contributed by atoms with E-state index in [-0.39, 0.29) is 12.0 Å². The molecule has 1 aromatic rings. The normalized spacial score (nSPS) is 16.3. The summed E-state index contributed by atoms with van der Waals surface area (Å²) in [6.07, 6.45) is 3.53. The van der Waals surface area contributed by atoms with Crippen molar-refractivity contribution in [3.8, 4) is 0 Å². The maximum absolute atomic E-state index is 9.06. The molecule has 3 nitrogen and oxygen atoms in total. The third kappa shape index (κ3) is 2.35. The molecular weight excluding hydrogens is 142 g/mol. The van der Waals surface area contributed by atoms with Gasteiger partial charge in [0.2, 0.25) is 0 Å². The van der Waals surface area contributed by atoms with Gasteiger partial charge in [0, 0.05) is 5.92 Å². The monoisotopic (exact) mass is 155 g/mol. The van der Waals surface area contributed by atoms with Crippen molar-refractivity contribution in [2.24, 2.45) is 0 Å². The molecule has 2 atom stereocenters. The summed E-state index contributed by atoms with van der Waals surface area (Å²) in [6.45, 7) is 3.78. The maximum atomic E-state index is 9.06. The van der Waals surface area contributed by atoms with E-state index >= 15 is 0 Å². The minimum absolute atomic E-state index is 0.248. The molecular formula is C8H13NO2. The standard InChI is InChI=1S/C8H13NO2/c1-6(3-7(2)10)8-4-9-5-11-8/h4-7,10H,3H2,1-2H3/t6-,7?/m1/s1. The summed E-state index contributed by atoms with van der Waals surface area (Å²) in [5.41, 5.74) is 0. The van der Waals surface area contributed by atoms with Gasteiger partial charge in [-0.3, -0.25) is 0 Å². The van der Waals surface area contributed by atoms with Crippen LogP contribution in [-0.2, 0) is 0 Å². The second-order valence-electron chi connectivity index (χ2n) is 2.89. The predicted molar refractivity (Wildman–Crippen MR) is 41.2 cm³/mol. The summed E-state index contributed by atoms with van der Waals surface area (Å²) >= 11 is 0. The van der Waals surface area contributed by atoms with Gasteiger partial charge in [-0.15, -0.1) is 0 Å². The number of hydrogen-bond acceptors (Lipinski definition) is 3. The molecule has 0 saturated heterocycles. The van der Waals surface area contributed by atoms with Crippen LogP contribution in [0.1, 0.15) is 31.9 Å². The highest BCUT2D eigenvalue weighted by Crippen LogP contribution is 2.19. The molecule has 0 amide bonds. The fraction of sp³-hybridized carbons (Fsp3) is 0.625. The maximum Gasteiger partial charge on any atom is 0.180 e. The molecule has 0 spiro atoms. The molecule has 1 aromatic heterocycles. The lowest BCUT2D eigenvalue weighted by Crippen LogP contribution is -2.04. The van der Waals surface area contributed by atoms with Crippen molar-refractivity contribution in [3.05, 3.63) is 18.4 Å². The third-order valence-electron chi connectivity index (χ3n) is 1.63. The van der Waals surface area contributed by atoms with Crippen molar-refractivity contribution in [2.75, 3.05) is 0 Å². The quantitative estimate of drug-likeness (QED) is 0.720. The van der Waals surface area contributed by atoms with Crippen molar-refractivity contribution in [2.45, 2.75) is 32.3 Å². The van der Waals surface area contributed by atoms with Gasteiger partial charge in [-0.1, -0.05) is 6.92 Å². The first-order valence-corrected chi connectivity index (χ1v) is 3.76. The van der Waals surface area contributed by atoms with Crippen LogP contribution in [0.15, 0.2) is 17.0 Å². The average molecular weight is 155 g/mol. The summed E-state index contributed by atoms with van der Waals surface area (Å²) in [4.78, 5) is 3.80. The van der Waals surface area contributed by atoms with Crippen LogP contribution in [-0.4, -0.2) is 16.2 Å². The Bertz CT molecular complexity index is 194. The molecule has 3 heteroatoms. The first-order valence-electron chi connectivity index (χ1n) is 3.76. The molecule has 0 aliphatic heterocycles. The summed E-state index contributed by atoms with van der Waals surface area (Å²) in [6, 6.07) is 0. The van der Waals surface area contributed by atoms with E-state index in [9.17, 15) is 0 Å². The van der Waals surface area contributed by atoms with E-state index in [1.807, 2.05) is 6.92 Å². The summed E-state index contributed by atoms with van der Waals surface area (Å²) in [5.74, 6) is 1.09.